The molecule has 1 aromatic rings. The van der Waals surface area contributed by atoms with E-state index in [4.69, 9.17) is 10.6 Å². The first-order chi connectivity index (χ1) is 6.27. The van der Waals surface area contributed by atoms with Crippen molar-refractivity contribution in [3.63, 3.8) is 0 Å². The van der Waals surface area contributed by atoms with Crippen LogP contribution in [0.4, 0.5) is 4.39 Å². The van der Waals surface area contributed by atoms with Crippen molar-refractivity contribution in [3.8, 4) is 0 Å². The molecule has 0 amide bonds. The maximum atomic E-state index is 12.7. The Bertz CT molecular complexity index is 336. The van der Waals surface area contributed by atoms with Crippen molar-refractivity contribution in [1.82, 2.24) is 0 Å². The molecule has 0 aliphatic rings. The van der Waals surface area contributed by atoms with Crippen molar-refractivity contribution >= 4 is 0 Å². The highest BCUT2D eigenvalue weighted by Gasteiger charge is 2.07. The summed E-state index contributed by atoms with van der Waals surface area (Å²) < 4.78 is 12.7. The topological polar surface area (TPSA) is 69.0 Å². The van der Waals surface area contributed by atoms with Crippen molar-refractivity contribution < 1.29 is 9.50 Å². The van der Waals surface area contributed by atoms with Gasteiger partial charge in [-0.1, -0.05) is 17.2 Å². The second kappa shape index (κ2) is 4.45. The van der Waals surface area contributed by atoms with E-state index in [-0.39, 0.29) is 6.61 Å². The molecule has 1 N–H and O–H groups in total. The molecule has 1 aromatic carbocycles. The second-order valence-electron chi connectivity index (χ2n) is 2.46. The Kier molecular flexibility index (Phi) is 3.25. The Morgan fingerprint density at radius 3 is 2.92 bits per heavy atom. The number of aliphatic hydroxyl groups excluding tert-OH is 1. The molecule has 1 unspecified atom stereocenters. The van der Waals surface area contributed by atoms with Crippen molar-refractivity contribution in [3.05, 3.63) is 46.1 Å². The fourth-order valence-corrected chi connectivity index (χ4v) is 0.985. The summed E-state index contributed by atoms with van der Waals surface area (Å²) in [6, 6.07) is 4.91. The van der Waals surface area contributed by atoms with E-state index in [1.54, 1.807) is 6.07 Å². The van der Waals surface area contributed by atoms with Crippen molar-refractivity contribution in [2.24, 2.45) is 5.11 Å². The Balaban J connectivity index is 2.97. The molecule has 4 nitrogen and oxygen atoms in total. The fourth-order valence-electron chi connectivity index (χ4n) is 0.985. The van der Waals surface area contributed by atoms with Gasteiger partial charge in [0.25, 0.3) is 0 Å². The first kappa shape index (κ1) is 9.51. The molecule has 1 atom stereocenters. The third kappa shape index (κ3) is 2.43. The predicted molar refractivity (Wildman–Crippen MR) is 45.4 cm³/mol. The number of halogens is 1. The summed E-state index contributed by atoms with van der Waals surface area (Å²) in [5.74, 6) is -0.413. The third-order valence-corrected chi connectivity index (χ3v) is 1.60. The van der Waals surface area contributed by atoms with E-state index in [0.717, 1.165) is 0 Å². The minimum Gasteiger partial charge on any atom is -0.396 e. The number of rotatable bonds is 3. The number of aliphatic hydroxyl groups is 1. The zero-order chi connectivity index (χ0) is 9.68. The lowest BCUT2D eigenvalue weighted by molar-refractivity contribution is 0.267. The van der Waals surface area contributed by atoms with Gasteiger partial charge >= 0.3 is 0 Å². The fraction of sp³-hybridized carbons (Fsp3) is 0.250. The molecule has 0 radical (unpaired) electrons. The van der Waals surface area contributed by atoms with Gasteiger partial charge in [-0.25, -0.2) is 4.39 Å². The summed E-state index contributed by atoms with van der Waals surface area (Å²) in [6.07, 6.45) is 0. The summed E-state index contributed by atoms with van der Waals surface area (Å²) in [4.78, 5) is 2.56. The van der Waals surface area contributed by atoms with Gasteiger partial charge in [0, 0.05) is 4.91 Å². The van der Waals surface area contributed by atoms with E-state index in [9.17, 15) is 4.39 Å². The molecular formula is C8H8FN3O. The Labute approximate surface area is 74.3 Å². The van der Waals surface area contributed by atoms with E-state index >= 15 is 0 Å². The third-order valence-electron chi connectivity index (χ3n) is 1.60. The molecule has 0 spiro atoms. The van der Waals surface area contributed by atoms with Crippen molar-refractivity contribution in [1.29, 1.82) is 0 Å². The van der Waals surface area contributed by atoms with Gasteiger partial charge in [0.1, 0.15) is 5.82 Å². The van der Waals surface area contributed by atoms with Crippen LogP contribution in [0.5, 0.6) is 0 Å². The van der Waals surface area contributed by atoms with Gasteiger partial charge in [0.15, 0.2) is 0 Å². The SMILES string of the molecule is [N-]=[N+]=NC(CO)c1cccc(F)c1. The molecule has 0 saturated heterocycles. The molecule has 13 heavy (non-hydrogen) atoms. The highest BCUT2D eigenvalue weighted by Crippen LogP contribution is 2.17. The van der Waals surface area contributed by atoms with Gasteiger partial charge in [0.05, 0.1) is 12.6 Å². The highest BCUT2D eigenvalue weighted by molar-refractivity contribution is 5.20. The molecule has 0 bridgehead atoms. The molecular weight excluding hydrogens is 173 g/mol. The van der Waals surface area contributed by atoms with E-state index < -0.39 is 11.9 Å². The van der Waals surface area contributed by atoms with Crippen LogP contribution >= 0.6 is 0 Å². The number of nitrogens with zero attached hydrogens (tertiary/aromatic N) is 3. The van der Waals surface area contributed by atoms with Gasteiger partial charge < -0.3 is 5.11 Å². The largest absolute Gasteiger partial charge is 0.396 e. The molecule has 68 valence electrons. The smallest absolute Gasteiger partial charge is 0.123 e. The summed E-state index contributed by atoms with van der Waals surface area (Å²) >= 11 is 0. The van der Waals surface area contributed by atoms with Crippen LogP contribution in [0.25, 0.3) is 10.4 Å². The Morgan fingerprint density at radius 2 is 2.38 bits per heavy atom. The lowest BCUT2D eigenvalue weighted by Gasteiger charge is -2.06. The first-order valence-corrected chi connectivity index (χ1v) is 3.68. The van der Waals surface area contributed by atoms with Crippen LogP contribution in [0.3, 0.4) is 0 Å². The van der Waals surface area contributed by atoms with Gasteiger partial charge in [-0.15, -0.1) is 0 Å². The molecule has 0 fully saturated rings. The van der Waals surface area contributed by atoms with Gasteiger partial charge in [-0.2, -0.15) is 0 Å². The standard InChI is InChI=1S/C8H8FN3O/c9-7-3-1-2-6(4-7)8(5-13)11-12-10/h1-4,8,13H,5H2. The number of hydrogen-bond acceptors (Lipinski definition) is 2. The Hall–Kier alpha value is -1.58. The molecule has 0 aromatic heterocycles. The quantitative estimate of drug-likeness (QED) is 0.433. The monoisotopic (exact) mass is 181 g/mol. The van der Waals surface area contributed by atoms with E-state index in [0.29, 0.717) is 5.56 Å². The minimum atomic E-state index is -0.708. The van der Waals surface area contributed by atoms with Crippen LogP contribution in [0.2, 0.25) is 0 Å². The minimum absolute atomic E-state index is 0.326. The molecule has 5 heteroatoms. The van der Waals surface area contributed by atoms with Crippen LogP contribution in [0, 0.1) is 5.82 Å². The number of azide groups is 1. The molecule has 0 saturated carbocycles. The maximum absolute atomic E-state index is 12.7. The van der Waals surface area contributed by atoms with Crippen LogP contribution < -0.4 is 0 Å². The summed E-state index contributed by atoms with van der Waals surface area (Å²) in [5, 5.41) is 12.1. The summed E-state index contributed by atoms with van der Waals surface area (Å²) in [6.45, 7) is -0.326. The summed E-state index contributed by atoms with van der Waals surface area (Å²) in [5.41, 5.74) is 8.62. The number of hydrogen-bond donors (Lipinski definition) is 1. The van der Waals surface area contributed by atoms with Crippen LogP contribution in [-0.4, -0.2) is 11.7 Å². The Morgan fingerprint density at radius 1 is 1.62 bits per heavy atom. The molecule has 0 heterocycles. The zero-order valence-corrected chi connectivity index (χ0v) is 6.76. The highest BCUT2D eigenvalue weighted by atomic mass is 19.1. The van der Waals surface area contributed by atoms with Crippen LogP contribution in [0.15, 0.2) is 29.4 Å². The molecule has 1 rings (SSSR count). The van der Waals surface area contributed by atoms with Gasteiger partial charge in [-0.3, -0.25) is 0 Å². The molecule has 0 aliphatic heterocycles. The van der Waals surface area contributed by atoms with E-state index in [2.05, 4.69) is 10.0 Å². The van der Waals surface area contributed by atoms with Gasteiger partial charge in [-0.05, 0) is 23.2 Å². The van der Waals surface area contributed by atoms with E-state index in [1.165, 1.54) is 18.2 Å². The van der Waals surface area contributed by atoms with Crippen LogP contribution in [0.1, 0.15) is 11.6 Å². The normalized spacial score (nSPS) is 11.8. The molecule has 0 aliphatic carbocycles. The average Bonchev–Trinajstić information content (AvgIpc) is 2.14. The second-order valence-corrected chi connectivity index (χ2v) is 2.46. The lowest BCUT2D eigenvalue weighted by Crippen LogP contribution is -2.00. The van der Waals surface area contributed by atoms with Crippen molar-refractivity contribution in [2.45, 2.75) is 6.04 Å². The zero-order valence-electron chi connectivity index (χ0n) is 6.76. The maximum Gasteiger partial charge on any atom is 0.123 e. The van der Waals surface area contributed by atoms with Gasteiger partial charge in [0.2, 0.25) is 0 Å². The number of benzene rings is 1. The predicted octanol–water partition coefficient (Wildman–Crippen LogP) is 2.17. The summed E-state index contributed by atoms with van der Waals surface area (Å²) in [7, 11) is 0. The lowest BCUT2D eigenvalue weighted by atomic mass is 10.1. The van der Waals surface area contributed by atoms with E-state index in [1.807, 2.05) is 0 Å². The van der Waals surface area contributed by atoms with Crippen LogP contribution in [-0.2, 0) is 0 Å². The first-order valence-electron chi connectivity index (χ1n) is 3.68. The van der Waals surface area contributed by atoms with Crippen molar-refractivity contribution in [2.75, 3.05) is 6.61 Å². The average molecular weight is 181 g/mol.